The van der Waals surface area contributed by atoms with Crippen LogP contribution in [0.5, 0.6) is 0 Å². The lowest BCUT2D eigenvalue weighted by Crippen LogP contribution is -2.53. The number of hydrogen-bond acceptors (Lipinski definition) is 4. The predicted octanol–water partition coefficient (Wildman–Crippen LogP) is 6.76. The molecule has 0 amide bonds. The fraction of sp³-hybridized carbons (Fsp3) is 0.607. The molecule has 1 fully saturated rings. The van der Waals surface area contributed by atoms with E-state index in [2.05, 4.69) is 19.1 Å². The number of aliphatic carboxylic acids is 1. The fourth-order valence-corrected chi connectivity index (χ4v) is 5.34. The summed E-state index contributed by atoms with van der Waals surface area (Å²) in [6.45, 7) is 2.24. The van der Waals surface area contributed by atoms with Crippen molar-refractivity contribution in [2.45, 2.75) is 96.0 Å². The van der Waals surface area contributed by atoms with E-state index < -0.39 is 23.3 Å². The van der Waals surface area contributed by atoms with Gasteiger partial charge in [-0.1, -0.05) is 75.8 Å². The smallest absolute Gasteiger partial charge is 0.356 e. The number of rotatable bonds is 13. The first-order valence-corrected chi connectivity index (χ1v) is 12.8. The highest BCUT2D eigenvalue weighted by Gasteiger charge is 2.53. The summed E-state index contributed by atoms with van der Waals surface area (Å²) in [5, 5.41) is 9.81. The molecule has 0 bridgehead atoms. The SMILES string of the molecule is CCCCCC/C=C/[C@H]1CCC[C@@H]1CCCCCC1(C(=O)O)OC(=O)c2ccccc2C1=O. The van der Waals surface area contributed by atoms with E-state index >= 15 is 0 Å². The van der Waals surface area contributed by atoms with Gasteiger partial charge >= 0.3 is 11.9 Å². The number of ketones is 1. The summed E-state index contributed by atoms with van der Waals surface area (Å²) in [4.78, 5) is 37.4. The molecule has 1 aliphatic carbocycles. The van der Waals surface area contributed by atoms with E-state index in [0.29, 0.717) is 18.3 Å². The second-order valence-corrected chi connectivity index (χ2v) is 9.63. The molecule has 1 unspecified atom stereocenters. The Bertz CT molecular complexity index is 858. The number of fused-ring (bicyclic) bond motifs is 1. The van der Waals surface area contributed by atoms with Crippen molar-refractivity contribution in [3.63, 3.8) is 0 Å². The van der Waals surface area contributed by atoms with Crippen LogP contribution in [0.3, 0.4) is 0 Å². The zero-order valence-corrected chi connectivity index (χ0v) is 19.9. The number of allylic oxidation sites excluding steroid dienone is 2. The minimum Gasteiger partial charge on any atom is -0.478 e. The summed E-state index contributed by atoms with van der Waals surface area (Å²) in [5.74, 6) is -1.37. The Morgan fingerprint density at radius 1 is 1.06 bits per heavy atom. The van der Waals surface area contributed by atoms with Gasteiger partial charge in [0.05, 0.1) is 5.56 Å². The second-order valence-electron chi connectivity index (χ2n) is 9.63. The highest BCUT2D eigenvalue weighted by Crippen LogP contribution is 2.37. The molecule has 0 spiro atoms. The first kappa shape index (κ1) is 25.2. The molecule has 1 saturated carbocycles. The molecule has 5 nitrogen and oxygen atoms in total. The van der Waals surface area contributed by atoms with Crippen molar-refractivity contribution in [3.8, 4) is 0 Å². The van der Waals surface area contributed by atoms with Crippen LogP contribution < -0.4 is 0 Å². The Balaban J connectivity index is 1.47. The van der Waals surface area contributed by atoms with Gasteiger partial charge in [0, 0.05) is 12.0 Å². The third-order valence-corrected chi connectivity index (χ3v) is 7.30. The maximum atomic E-state index is 13.0. The minimum absolute atomic E-state index is 0.0208. The number of carbonyl (C=O) groups excluding carboxylic acids is 2. The van der Waals surface area contributed by atoms with Crippen molar-refractivity contribution in [2.24, 2.45) is 11.8 Å². The highest BCUT2D eigenvalue weighted by atomic mass is 16.6. The first-order valence-electron chi connectivity index (χ1n) is 12.8. The van der Waals surface area contributed by atoms with Gasteiger partial charge in [-0.3, -0.25) is 4.79 Å². The Morgan fingerprint density at radius 3 is 2.58 bits per heavy atom. The Labute approximate surface area is 197 Å². The van der Waals surface area contributed by atoms with Gasteiger partial charge < -0.3 is 9.84 Å². The summed E-state index contributed by atoms with van der Waals surface area (Å²) in [7, 11) is 0. The van der Waals surface area contributed by atoms with Gasteiger partial charge in [0.15, 0.2) is 0 Å². The lowest BCUT2D eigenvalue weighted by molar-refractivity contribution is -0.155. The van der Waals surface area contributed by atoms with Crippen molar-refractivity contribution in [2.75, 3.05) is 0 Å². The lowest BCUT2D eigenvalue weighted by Gasteiger charge is -2.32. The first-order chi connectivity index (χ1) is 16.0. The topological polar surface area (TPSA) is 80.7 Å². The monoisotopic (exact) mass is 454 g/mol. The summed E-state index contributed by atoms with van der Waals surface area (Å²) >= 11 is 0. The van der Waals surface area contributed by atoms with Crippen LogP contribution in [0.15, 0.2) is 36.4 Å². The van der Waals surface area contributed by atoms with E-state index in [-0.39, 0.29) is 17.5 Å². The van der Waals surface area contributed by atoms with Crippen LogP contribution in [0.25, 0.3) is 0 Å². The Kier molecular flexibility index (Phi) is 9.28. The highest BCUT2D eigenvalue weighted by molar-refractivity contribution is 6.22. The zero-order valence-electron chi connectivity index (χ0n) is 19.9. The predicted molar refractivity (Wildman–Crippen MR) is 128 cm³/mol. The van der Waals surface area contributed by atoms with E-state index in [1.807, 2.05) is 0 Å². The van der Waals surface area contributed by atoms with Gasteiger partial charge in [0.2, 0.25) is 5.78 Å². The average Bonchev–Trinajstić information content (AvgIpc) is 3.26. The van der Waals surface area contributed by atoms with Crippen LogP contribution in [0, 0.1) is 11.8 Å². The van der Waals surface area contributed by atoms with Crippen molar-refractivity contribution < 1.29 is 24.2 Å². The van der Waals surface area contributed by atoms with Crippen LogP contribution in [-0.4, -0.2) is 28.4 Å². The van der Waals surface area contributed by atoms with E-state index in [4.69, 9.17) is 4.74 Å². The molecule has 1 heterocycles. The summed E-state index contributed by atoms with van der Waals surface area (Å²) < 4.78 is 5.25. The number of hydrogen-bond donors (Lipinski definition) is 1. The van der Waals surface area contributed by atoms with Gasteiger partial charge in [-0.25, -0.2) is 9.59 Å². The van der Waals surface area contributed by atoms with Gasteiger partial charge in [0.1, 0.15) is 0 Å². The van der Waals surface area contributed by atoms with Gasteiger partial charge in [-0.2, -0.15) is 0 Å². The largest absolute Gasteiger partial charge is 0.478 e. The maximum Gasteiger partial charge on any atom is 0.356 e. The van der Waals surface area contributed by atoms with Crippen molar-refractivity contribution in [1.82, 2.24) is 0 Å². The Morgan fingerprint density at radius 2 is 1.82 bits per heavy atom. The molecule has 5 heteroatoms. The van der Waals surface area contributed by atoms with Crippen LogP contribution in [-0.2, 0) is 9.53 Å². The van der Waals surface area contributed by atoms with Gasteiger partial charge in [0.25, 0.3) is 5.60 Å². The van der Waals surface area contributed by atoms with Crippen molar-refractivity contribution in [1.29, 1.82) is 0 Å². The van der Waals surface area contributed by atoms with Crippen molar-refractivity contribution in [3.05, 3.63) is 47.5 Å². The second kappa shape index (κ2) is 12.2. The summed E-state index contributed by atoms with van der Waals surface area (Å²) in [6, 6.07) is 6.28. The molecule has 1 aliphatic heterocycles. The molecule has 0 aromatic heterocycles. The molecule has 1 aromatic rings. The molecule has 180 valence electrons. The molecule has 3 rings (SSSR count). The third-order valence-electron chi connectivity index (χ3n) is 7.30. The quantitative estimate of drug-likeness (QED) is 0.154. The minimum atomic E-state index is -2.10. The van der Waals surface area contributed by atoms with Crippen molar-refractivity contribution >= 4 is 17.7 Å². The van der Waals surface area contributed by atoms with E-state index in [1.54, 1.807) is 12.1 Å². The standard InChI is InChI=1S/C28H38O5/c1-2-3-4-5-6-8-14-21-16-13-17-22(21)15-9-7-12-20-28(27(31)32)25(29)23-18-10-11-19-24(23)26(30)33-28/h8,10-11,14,18-19,21-22H,2-7,9,12-13,15-17,20H2,1H3,(H,31,32)/b14-8+/t21-,22-,28?/m0/s1. The molecule has 33 heavy (non-hydrogen) atoms. The Hall–Kier alpha value is -2.43. The molecule has 0 radical (unpaired) electrons. The van der Waals surface area contributed by atoms with Gasteiger partial charge in [-0.15, -0.1) is 0 Å². The normalized spacial score (nSPS) is 24.8. The number of carbonyl (C=O) groups is 3. The molecular formula is C28H38O5. The lowest BCUT2D eigenvalue weighted by atomic mass is 9.83. The fourth-order valence-electron chi connectivity index (χ4n) is 5.34. The molecule has 1 N–H and O–H groups in total. The maximum absolute atomic E-state index is 13.0. The molecule has 3 atom stereocenters. The van der Waals surface area contributed by atoms with Crippen LogP contribution >= 0.6 is 0 Å². The van der Waals surface area contributed by atoms with Gasteiger partial charge in [-0.05, 0) is 56.4 Å². The number of cyclic esters (lactones) is 1. The third kappa shape index (κ3) is 6.13. The van der Waals surface area contributed by atoms with E-state index in [9.17, 15) is 19.5 Å². The zero-order chi connectivity index (χ0) is 23.7. The summed E-state index contributed by atoms with van der Waals surface area (Å²) in [6.07, 6.45) is 18.5. The molecule has 1 aromatic carbocycles. The number of ether oxygens (including phenoxy) is 1. The molecule has 2 aliphatic rings. The average molecular weight is 455 g/mol. The number of carboxylic acid groups (broad SMARTS) is 1. The van der Waals surface area contributed by atoms with Crippen LogP contribution in [0.2, 0.25) is 0 Å². The molecule has 0 saturated heterocycles. The number of Topliss-reactive ketones (excluding diaryl/α,β-unsaturated/α-hetero) is 1. The number of esters is 1. The number of benzene rings is 1. The van der Waals surface area contributed by atoms with Crippen LogP contribution in [0.4, 0.5) is 0 Å². The number of carboxylic acids is 1. The summed E-state index contributed by atoms with van der Waals surface area (Å²) in [5.41, 5.74) is -1.81. The number of unbranched alkanes of at least 4 members (excludes halogenated alkanes) is 6. The van der Waals surface area contributed by atoms with Crippen LogP contribution in [0.1, 0.15) is 111 Å². The molecular weight excluding hydrogens is 416 g/mol. The van der Waals surface area contributed by atoms with E-state index in [0.717, 1.165) is 19.3 Å². The van der Waals surface area contributed by atoms with E-state index in [1.165, 1.54) is 63.5 Å².